The van der Waals surface area contributed by atoms with Crippen LogP contribution in [0.25, 0.3) is 0 Å². The quantitative estimate of drug-likeness (QED) is 0.758. The van der Waals surface area contributed by atoms with Crippen molar-refractivity contribution in [1.82, 2.24) is 0 Å². The van der Waals surface area contributed by atoms with E-state index >= 15 is 0 Å². The molecule has 0 aromatic heterocycles. The van der Waals surface area contributed by atoms with Gasteiger partial charge in [-0.15, -0.1) is 0 Å². The van der Waals surface area contributed by atoms with Crippen LogP contribution in [-0.4, -0.2) is 13.1 Å². The van der Waals surface area contributed by atoms with Gasteiger partial charge in [0.15, 0.2) is 0 Å². The second-order valence-corrected chi connectivity index (χ2v) is 5.95. The Morgan fingerprint density at radius 3 is 2.67 bits per heavy atom. The van der Waals surface area contributed by atoms with Crippen LogP contribution in [0.2, 0.25) is 0 Å². The van der Waals surface area contributed by atoms with Gasteiger partial charge in [0.05, 0.1) is 5.69 Å². The van der Waals surface area contributed by atoms with Crippen molar-refractivity contribution in [2.24, 2.45) is 0 Å². The molecule has 0 aliphatic carbocycles. The summed E-state index contributed by atoms with van der Waals surface area (Å²) in [5, 5.41) is 0. The Bertz CT molecular complexity index is 737. The number of hydrogen-bond donors (Lipinski definition) is 1. The number of amides is 1. The maximum atomic E-state index is 13.2. The van der Waals surface area contributed by atoms with E-state index in [1.54, 1.807) is 26.1 Å². The van der Waals surface area contributed by atoms with Gasteiger partial charge in [-0.1, -0.05) is 19.9 Å². The van der Waals surface area contributed by atoms with Crippen molar-refractivity contribution in [3.63, 3.8) is 0 Å². The number of nitrogens with zero attached hydrogens (tertiary/aromatic N) is 1. The van der Waals surface area contributed by atoms with E-state index in [9.17, 15) is 9.18 Å². The molecule has 1 heterocycles. The molecule has 0 atom stereocenters. The maximum Gasteiger partial charge on any atom is 0.414 e. The van der Waals surface area contributed by atoms with E-state index in [1.165, 1.54) is 22.9 Å². The fraction of sp³-hybridized carbons (Fsp3) is 0.278. The lowest BCUT2D eigenvalue weighted by molar-refractivity contribution is 0.143. The molecule has 6 heteroatoms. The van der Waals surface area contributed by atoms with Crippen LogP contribution in [0.1, 0.15) is 25.0 Å². The van der Waals surface area contributed by atoms with Crippen molar-refractivity contribution in [3.8, 4) is 0 Å². The highest BCUT2D eigenvalue weighted by Gasteiger charge is 2.22. The number of benzene rings is 2. The van der Waals surface area contributed by atoms with Gasteiger partial charge < -0.3 is 9.46 Å². The van der Waals surface area contributed by atoms with Crippen LogP contribution in [0.15, 0.2) is 41.3 Å². The van der Waals surface area contributed by atoms with E-state index in [1.807, 2.05) is 32.0 Å². The molecule has 0 unspecified atom stereocenters. The summed E-state index contributed by atoms with van der Waals surface area (Å²) in [4.78, 5) is 14.0. The van der Waals surface area contributed by atoms with Crippen LogP contribution in [-0.2, 0) is 11.3 Å². The zero-order chi connectivity index (χ0) is 17.7. The number of fused-ring (bicyclic) bond motifs is 1. The van der Waals surface area contributed by atoms with Crippen LogP contribution in [0, 0.1) is 12.7 Å². The SMILES string of the molecule is CC.Cc1cc(NSc2ccc3c(c2)N(C)C(=O)OC3)ccc1F. The van der Waals surface area contributed by atoms with Gasteiger partial charge >= 0.3 is 6.09 Å². The summed E-state index contributed by atoms with van der Waals surface area (Å²) in [5.74, 6) is -0.218. The standard InChI is InChI=1S/C16H15FN2O2S.C2H6/c1-10-7-12(4-6-14(10)17)18-22-13-5-3-11-9-21-16(20)19(2)15(11)8-13;1-2/h3-8,18H,9H2,1-2H3;1-2H3. The molecular formula is C18H21FN2O2S. The monoisotopic (exact) mass is 348 g/mol. The third kappa shape index (κ3) is 4.00. The molecular weight excluding hydrogens is 327 g/mol. The molecule has 1 N–H and O–H groups in total. The van der Waals surface area contributed by atoms with Crippen molar-refractivity contribution in [1.29, 1.82) is 0 Å². The highest BCUT2D eigenvalue weighted by atomic mass is 32.2. The minimum Gasteiger partial charge on any atom is -0.444 e. The summed E-state index contributed by atoms with van der Waals surface area (Å²) in [6.07, 6.45) is -0.350. The first kappa shape index (κ1) is 18.1. The van der Waals surface area contributed by atoms with Gasteiger partial charge in [-0.3, -0.25) is 4.90 Å². The predicted octanol–water partition coefficient (Wildman–Crippen LogP) is 5.37. The Kier molecular flexibility index (Phi) is 6.09. The molecule has 2 aromatic carbocycles. The van der Waals surface area contributed by atoms with E-state index < -0.39 is 0 Å². The lowest BCUT2D eigenvalue weighted by atomic mass is 10.1. The summed E-state index contributed by atoms with van der Waals surface area (Å²) in [5.41, 5.74) is 3.25. The Balaban J connectivity index is 0.00000100. The van der Waals surface area contributed by atoms with Crippen molar-refractivity contribution in [2.75, 3.05) is 16.7 Å². The van der Waals surface area contributed by atoms with Crippen molar-refractivity contribution in [3.05, 3.63) is 53.3 Å². The molecule has 0 spiro atoms. The number of ether oxygens (including phenoxy) is 1. The molecule has 1 aliphatic heterocycles. The van der Waals surface area contributed by atoms with Crippen LogP contribution < -0.4 is 9.62 Å². The topological polar surface area (TPSA) is 41.6 Å². The van der Waals surface area contributed by atoms with E-state index in [0.29, 0.717) is 12.2 Å². The second kappa shape index (κ2) is 8.06. The molecule has 4 nitrogen and oxygen atoms in total. The number of rotatable bonds is 3. The molecule has 0 saturated carbocycles. The summed E-state index contributed by atoms with van der Waals surface area (Å²) < 4.78 is 21.5. The fourth-order valence-corrected chi connectivity index (χ4v) is 2.87. The predicted molar refractivity (Wildman–Crippen MR) is 97.0 cm³/mol. The van der Waals surface area contributed by atoms with Crippen LogP contribution in [0.5, 0.6) is 0 Å². The minimum absolute atomic E-state index is 0.218. The van der Waals surface area contributed by atoms with Gasteiger partial charge in [0, 0.05) is 23.2 Å². The molecule has 0 radical (unpaired) electrons. The Labute approximate surface area is 146 Å². The number of aryl methyl sites for hydroxylation is 1. The van der Waals surface area contributed by atoms with Gasteiger partial charge in [0.25, 0.3) is 0 Å². The number of cyclic esters (lactones) is 1. The fourth-order valence-electron chi connectivity index (χ4n) is 2.20. The summed E-state index contributed by atoms with van der Waals surface area (Å²) in [7, 11) is 1.69. The number of carbonyl (C=O) groups excluding carboxylic acids is 1. The van der Waals surface area contributed by atoms with E-state index in [0.717, 1.165) is 21.8 Å². The third-order valence-corrected chi connectivity index (χ3v) is 4.32. The Morgan fingerprint density at radius 1 is 1.21 bits per heavy atom. The Hall–Kier alpha value is -2.21. The molecule has 0 fully saturated rings. The molecule has 2 aromatic rings. The van der Waals surface area contributed by atoms with Crippen LogP contribution >= 0.6 is 11.9 Å². The normalized spacial score (nSPS) is 12.7. The number of hydrogen-bond acceptors (Lipinski definition) is 4. The largest absolute Gasteiger partial charge is 0.444 e. The lowest BCUT2D eigenvalue weighted by Crippen LogP contribution is -2.31. The molecule has 3 rings (SSSR count). The van der Waals surface area contributed by atoms with Gasteiger partial charge in [-0.05, 0) is 54.8 Å². The van der Waals surface area contributed by atoms with E-state index in [-0.39, 0.29) is 11.9 Å². The Morgan fingerprint density at radius 2 is 1.96 bits per heavy atom. The van der Waals surface area contributed by atoms with Crippen LogP contribution in [0.3, 0.4) is 0 Å². The molecule has 128 valence electrons. The van der Waals surface area contributed by atoms with Crippen molar-refractivity contribution < 1.29 is 13.9 Å². The highest BCUT2D eigenvalue weighted by Crippen LogP contribution is 2.31. The summed E-state index contributed by atoms with van der Waals surface area (Å²) in [6, 6.07) is 10.7. The number of carbonyl (C=O) groups is 1. The molecule has 1 amide bonds. The van der Waals surface area contributed by atoms with E-state index in [4.69, 9.17) is 4.74 Å². The number of anilines is 2. The average molecular weight is 348 g/mol. The number of halogens is 1. The summed E-state index contributed by atoms with van der Waals surface area (Å²) >= 11 is 1.41. The van der Waals surface area contributed by atoms with Crippen LogP contribution in [0.4, 0.5) is 20.6 Å². The van der Waals surface area contributed by atoms with E-state index in [2.05, 4.69) is 4.72 Å². The zero-order valence-electron chi connectivity index (χ0n) is 14.2. The van der Waals surface area contributed by atoms with Crippen molar-refractivity contribution >= 4 is 29.4 Å². The molecule has 1 aliphatic rings. The first-order chi connectivity index (χ1) is 11.5. The highest BCUT2D eigenvalue weighted by molar-refractivity contribution is 8.00. The smallest absolute Gasteiger partial charge is 0.414 e. The molecule has 0 saturated heterocycles. The lowest BCUT2D eigenvalue weighted by Gasteiger charge is -2.25. The first-order valence-electron chi connectivity index (χ1n) is 7.77. The maximum absolute atomic E-state index is 13.2. The van der Waals surface area contributed by atoms with Gasteiger partial charge in [-0.2, -0.15) is 0 Å². The van der Waals surface area contributed by atoms with Gasteiger partial charge in [-0.25, -0.2) is 9.18 Å². The number of nitrogens with one attached hydrogen (secondary N) is 1. The minimum atomic E-state index is -0.350. The van der Waals surface area contributed by atoms with Gasteiger partial charge in [0.2, 0.25) is 0 Å². The summed E-state index contributed by atoms with van der Waals surface area (Å²) in [6.45, 7) is 6.03. The molecule has 24 heavy (non-hydrogen) atoms. The average Bonchev–Trinajstić information content (AvgIpc) is 2.61. The second-order valence-electron chi connectivity index (χ2n) is 5.07. The zero-order valence-corrected chi connectivity index (χ0v) is 15.0. The molecule has 0 bridgehead atoms. The first-order valence-corrected chi connectivity index (χ1v) is 8.58. The van der Waals surface area contributed by atoms with Gasteiger partial charge in [0.1, 0.15) is 12.4 Å². The van der Waals surface area contributed by atoms with Crippen molar-refractivity contribution in [2.45, 2.75) is 32.3 Å². The third-order valence-electron chi connectivity index (χ3n) is 3.49.